The summed E-state index contributed by atoms with van der Waals surface area (Å²) in [7, 11) is 0. The molecule has 0 bridgehead atoms. The van der Waals surface area contributed by atoms with Crippen LogP contribution >= 0.6 is 11.8 Å². The molecule has 0 aliphatic rings. The molecule has 0 fully saturated rings. The molecule has 0 radical (unpaired) electrons. The van der Waals surface area contributed by atoms with Crippen LogP contribution in [-0.2, 0) is 13.0 Å². The quantitative estimate of drug-likeness (QED) is 0.823. The molecule has 108 valence electrons. The zero-order chi connectivity index (χ0) is 14.7. The Bertz CT molecular complexity index is 661. The Kier molecular flexibility index (Phi) is 4.49. The first-order chi connectivity index (χ1) is 9.55. The third kappa shape index (κ3) is 3.04. The highest BCUT2D eigenvalue weighted by atomic mass is 32.2. The predicted molar refractivity (Wildman–Crippen MR) is 80.0 cm³/mol. The molecular weight excluding hydrogens is 274 g/mol. The molecule has 0 amide bonds. The molecule has 7 heteroatoms. The van der Waals surface area contributed by atoms with E-state index in [0.717, 1.165) is 35.8 Å². The number of H-pyrrole nitrogens is 1. The summed E-state index contributed by atoms with van der Waals surface area (Å²) in [6.45, 7) is 6.65. The molecule has 0 unspecified atom stereocenters. The van der Waals surface area contributed by atoms with E-state index in [0.29, 0.717) is 10.8 Å². The topological polar surface area (TPSA) is 89.6 Å². The van der Waals surface area contributed by atoms with Gasteiger partial charge in [-0.25, -0.2) is 4.98 Å². The molecule has 0 saturated heterocycles. The van der Waals surface area contributed by atoms with Crippen LogP contribution in [-0.4, -0.2) is 19.7 Å². The van der Waals surface area contributed by atoms with Gasteiger partial charge in [-0.15, -0.1) is 0 Å². The van der Waals surface area contributed by atoms with Crippen molar-refractivity contribution in [1.82, 2.24) is 19.7 Å². The first kappa shape index (κ1) is 14.6. The average Bonchev–Trinajstić information content (AvgIpc) is 2.66. The van der Waals surface area contributed by atoms with E-state index in [-0.39, 0.29) is 5.56 Å². The van der Waals surface area contributed by atoms with Crippen molar-refractivity contribution in [2.45, 2.75) is 50.3 Å². The largest absolute Gasteiger partial charge is 0.395 e. The van der Waals surface area contributed by atoms with Crippen molar-refractivity contribution in [3.8, 4) is 0 Å². The fraction of sp³-hybridized carbons (Fsp3) is 0.462. The Balaban J connectivity index is 2.37. The van der Waals surface area contributed by atoms with Crippen LogP contribution in [0.3, 0.4) is 0 Å². The second-order valence-electron chi connectivity index (χ2n) is 4.51. The standard InChI is InChI=1S/C13H19N5OS/c1-4-6-9-7-10(19)16-13(15-9)20-12-11(14)8(3)17-18(12)5-2/h7H,4-6,14H2,1-3H3,(H,15,16,19). The van der Waals surface area contributed by atoms with Gasteiger partial charge >= 0.3 is 0 Å². The molecule has 3 N–H and O–H groups in total. The summed E-state index contributed by atoms with van der Waals surface area (Å²) < 4.78 is 1.82. The highest BCUT2D eigenvalue weighted by Crippen LogP contribution is 2.31. The lowest BCUT2D eigenvalue weighted by molar-refractivity contribution is 0.601. The SMILES string of the molecule is CCCc1cc(=O)[nH]c(Sc2c(N)c(C)nn2CC)n1. The van der Waals surface area contributed by atoms with Gasteiger partial charge in [0.15, 0.2) is 5.16 Å². The summed E-state index contributed by atoms with van der Waals surface area (Å²) in [5.74, 6) is 0. The first-order valence-electron chi connectivity index (χ1n) is 6.66. The van der Waals surface area contributed by atoms with Crippen LogP contribution in [0.4, 0.5) is 5.69 Å². The minimum absolute atomic E-state index is 0.135. The van der Waals surface area contributed by atoms with Crippen molar-refractivity contribution < 1.29 is 0 Å². The van der Waals surface area contributed by atoms with E-state index in [2.05, 4.69) is 22.0 Å². The molecule has 6 nitrogen and oxygen atoms in total. The van der Waals surface area contributed by atoms with Crippen LogP contribution in [0.15, 0.2) is 21.0 Å². The summed E-state index contributed by atoms with van der Waals surface area (Å²) in [5.41, 5.74) is 8.14. The number of anilines is 1. The Morgan fingerprint density at radius 3 is 2.85 bits per heavy atom. The van der Waals surface area contributed by atoms with E-state index in [4.69, 9.17) is 5.73 Å². The summed E-state index contributed by atoms with van der Waals surface area (Å²) in [6.07, 6.45) is 1.74. The molecule has 20 heavy (non-hydrogen) atoms. The highest BCUT2D eigenvalue weighted by molar-refractivity contribution is 7.99. The van der Waals surface area contributed by atoms with Crippen molar-refractivity contribution in [1.29, 1.82) is 0 Å². The summed E-state index contributed by atoms with van der Waals surface area (Å²) in [4.78, 5) is 18.9. The maximum Gasteiger partial charge on any atom is 0.251 e. The Morgan fingerprint density at radius 2 is 2.20 bits per heavy atom. The molecule has 0 aromatic carbocycles. The molecular formula is C13H19N5OS. The number of hydrogen-bond acceptors (Lipinski definition) is 5. The number of nitrogen functional groups attached to an aromatic ring is 1. The van der Waals surface area contributed by atoms with Gasteiger partial charge in [-0.05, 0) is 32.0 Å². The number of aromatic amines is 1. The van der Waals surface area contributed by atoms with Gasteiger partial charge in [0.2, 0.25) is 0 Å². The third-order valence-corrected chi connectivity index (χ3v) is 3.91. The molecule has 0 aliphatic heterocycles. The van der Waals surface area contributed by atoms with Gasteiger partial charge in [0.05, 0.1) is 11.4 Å². The van der Waals surface area contributed by atoms with Crippen molar-refractivity contribution in [3.05, 3.63) is 27.8 Å². The minimum Gasteiger partial charge on any atom is -0.395 e. The predicted octanol–water partition coefficient (Wildman–Crippen LogP) is 1.98. The second-order valence-corrected chi connectivity index (χ2v) is 5.49. The van der Waals surface area contributed by atoms with Crippen molar-refractivity contribution in [2.75, 3.05) is 5.73 Å². The van der Waals surface area contributed by atoms with Crippen LogP contribution in [0.2, 0.25) is 0 Å². The first-order valence-corrected chi connectivity index (χ1v) is 7.47. The second kappa shape index (κ2) is 6.13. The fourth-order valence-electron chi connectivity index (χ4n) is 1.90. The van der Waals surface area contributed by atoms with E-state index >= 15 is 0 Å². The zero-order valence-corrected chi connectivity index (χ0v) is 12.8. The Hall–Kier alpha value is -1.76. The fourth-order valence-corrected chi connectivity index (χ4v) is 2.93. The minimum atomic E-state index is -0.135. The molecule has 0 saturated carbocycles. The number of aryl methyl sites for hydroxylation is 3. The Morgan fingerprint density at radius 1 is 1.45 bits per heavy atom. The van der Waals surface area contributed by atoms with Crippen LogP contribution in [0.5, 0.6) is 0 Å². The van der Waals surface area contributed by atoms with Crippen LogP contribution < -0.4 is 11.3 Å². The average molecular weight is 293 g/mol. The lowest BCUT2D eigenvalue weighted by Crippen LogP contribution is -2.10. The van der Waals surface area contributed by atoms with Crippen molar-refractivity contribution in [3.63, 3.8) is 0 Å². The van der Waals surface area contributed by atoms with Gasteiger partial charge in [0.1, 0.15) is 5.03 Å². The number of nitrogens with zero attached hydrogens (tertiary/aromatic N) is 3. The third-order valence-electron chi connectivity index (χ3n) is 2.90. The zero-order valence-electron chi connectivity index (χ0n) is 11.9. The monoisotopic (exact) mass is 293 g/mol. The molecule has 0 aliphatic carbocycles. The van der Waals surface area contributed by atoms with Gasteiger partial charge in [0, 0.05) is 18.3 Å². The number of hydrogen-bond donors (Lipinski definition) is 2. The van der Waals surface area contributed by atoms with Gasteiger partial charge in [-0.1, -0.05) is 13.3 Å². The number of rotatable bonds is 5. The molecule has 2 aromatic rings. The summed E-state index contributed by atoms with van der Waals surface area (Å²) in [6, 6.07) is 1.54. The Labute approximate surface area is 121 Å². The van der Waals surface area contributed by atoms with Crippen LogP contribution in [0.25, 0.3) is 0 Å². The normalized spacial score (nSPS) is 10.9. The van der Waals surface area contributed by atoms with Gasteiger partial charge in [-0.3, -0.25) is 9.48 Å². The van der Waals surface area contributed by atoms with Crippen LogP contribution in [0.1, 0.15) is 31.7 Å². The lowest BCUT2D eigenvalue weighted by Gasteiger charge is -2.06. The van der Waals surface area contributed by atoms with Crippen molar-refractivity contribution >= 4 is 17.4 Å². The van der Waals surface area contributed by atoms with E-state index in [9.17, 15) is 4.79 Å². The van der Waals surface area contributed by atoms with Gasteiger partial charge in [0.25, 0.3) is 5.56 Å². The van der Waals surface area contributed by atoms with E-state index in [1.54, 1.807) is 6.07 Å². The number of nitrogens with two attached hydrogens (primary N) is 1. The highest BCUT2D eigenvalue weighted by Gasteiger charge is 2.14. The summed E-state index contributed by atoms with van der Waals surface area (Å²) >= 11 is 1.35. The van der Waals surface area contributed by atoms with E-state index < -0.39 is 0 Å². The smallest absolute Gasteiger partial charge is 0.251 e. The molecule has 2 aromatic heterocycles. The maximum atomic E-state index is 11.7. The van der Waals surface area contributed by atoms with Crippen LogP contribution in [0, 0.1) is 6.92 Å². The molecule has 2 heterocycles. The van der Waals surface area contributed by atoms with E-state index in [1.807, 2.05) is 18.5 Å². The van der Waals surface area contributed by atoms with Gasteiger partial charge in [-0.2, -0.15) is 5.10 Å². The van der Waals surface area contributed by atoms with Gasteiger partial charge < -0.3 is 10.7 Å². The van der Waals surface area contributed by atoms with E-state index in [1.165, 1.54) is 11.8 Å². The molecule has 0 atom stereocenters. The lowest BCUT2D eigenvalue weighted by atomic mass is 10.2. The van der Waals surface area contributed by atoms with Crippen molar-refractivity contribution in [2.24, 2.45) is 0 Å². The maximum absolute atomic E-state index is 11.7. The number of nitrogens with one attached hydrogen (secondary N) is 1. The number of aromatic nitrogens is 4. The molecule has 0 spiro atoms. The summed E-state index contributed by atoms with van der Waals surface area (Å²) in [5, 5.41) is 5.74. The molecule has 2 rings (SSSR count).